The van der Waals surface area contributed by atoms with Crippen molar-refractivity contribution in [2.75, 3.05) is 6.54 Å². The smallest absolute Gasteiger partial charge is 0.287 e. The van der Waals surface area contributed by atoms with E-state index in [1.807, 2.05) is 61.2 Å². The number of benzene rings is 2. The van der Waals surface area contributed by atoms with Gasteiger partial charge in [0.1, 0.15) is 18.1 Å². The van der Waals surface area contributed by atoms with Gasteiger partial charge >= 0.3 is 0 Å². The summed E-state index contributed by atoms with van der Waals surface area (Å²) in [7, 11) is 0. The summed E-state index contributed by atoms with van der Waals surface area (Å²) in [5, 5.41) is 2.83. The highest BCUT2D eigenvalue weighted by molar-refractivity contribution is 5.91. The number of rotatable bonds is 8. The molecule has 0 aliphatic carbocycles. The Kier molecular flexibility index (Phi) is 7.54. The van der Waals surface area contributed by atoms with E-state index in [2.05, 4.69) is 28.5 Å². The number of pyridine rings is 1. The van der Waals surface area contributed by atoms with Gasteiger partial charge in [-0.25, -0.2) is 0 Å². The summed E-state index contributed by atoms with van der Waals surface area (Å²) in [6.07, 6.45) is 4.20. The largest absolute Gasteiger partial charge is 0.486 e. The normalized spacial score (nSPS) is 14.7. The first kappa shape index (κ1) is 25.3. The minimum absolute atomic E-state index is 0.0862. The van der Waals surface area contributed by atoms with E-state index in [-0.39, 0.29) is 36.1 Å². The summed E-state index contributed by atoms with van der Waals surface area (Å²) in [4.78, 5) is 31.6. The summed E-state index contributed by atoms with van der Waals surface area (Å²) in [5.74, 6) is 1.21. The molecule has 38 heavy (non-hydrogen) atoms. The molecule has 3 heterocycles. The first-order valence-corrected chi connectivity index (χ1v) is 12.9. The van der Waals surface area contributed by atoms with Crippen molar-refractivity contribution in [3.05, 3.63) is 119 Å². The number of aromatic nitrogens is 1. The number of hydrogen-bond acceptors (Lipinski definition) is 5. The average molecular weight is 510 g/mol. The van der Waals surface area contributed by atoms with Gasteiger partial charge < -0.3 is 19.4 Å². The van der Waals surface area contributed by atoms with Crippen LogP contribution in [0.4, 0.5) is 0 Å². The topological polar surface area (TPSA) is 84.7 Å². The van der Waals surface area contributed by atoms with Crippen LogP contribution in [0.15, 0.2) is 89.6 Å². The zero-order chi connectivity index (χ0) is 26.5. The molecule has 0 fully saturated rings. The lowest BCUT2D eigenvalue weighted by molar-refractivity contribution is -0.136. The Morgan fingerprint density at radius 2 is 1.92 bits per heavy atom. The Morgan fingerprint density at radius 1 is 1.08 bits per heavy atom. The van der Waals surface area contributed by atoms with E-state index in [1.54, 1.807) is 24.5 Å². The zero-order valence-corrected chi connectivity index (χ0v) is 21.6. The highest BCUT2D eigenvalue weighted by Crippen LogP contribution is 2.38. The number of nitrogens with one attached hydrogen (secondary N) is 1. The predicted octanol–water partition coefficient (Wildman–Crippen LogP) is 5.31. The van der Waals surface area contributed by atoms with E-state index in [0.717, 1.165) is 23.1 Å². The van der Waals surface area contributed by atoms with Gasteiger partial charge in [0.25, 0.3) is 5.91 Å². The number of furan rings is 1. The van der Waals surface area contributed by atoms with E-state index in [0.29, 0.717) is 24.6 Å². The van der Waals surface area contributed by atoms with Gasteiger partial charge in [-0.1, -0.05) is 56.3 Å². The van der Waals surface area contributed by atoms with Crippen molar-refractivity contribution in [2.45, 2.75) is 39.5 Å². The Bertz CT molecular complexity index is 1400. The molecule has 0 bridgehead atoms. The number of nitrogens with zero attached hydrogens (tertiary/aromatic N) is 2. The van der Waals surface area contributed by atoms with Crippen molar-refractivity contribution in [3.63, 3.8) is 0 Å². The van der Waals surface area contributed by atoms with Crippen LogP contribution < -0.4 is 10.1 Å². The molecular formula is C31H31N3O4. The van der Waals surface area contributed by atoms with Crippen LogP contribution in [0.1, 0.15) is 58.5 Å². The quantitative estimate of drug-likeness (QED) is 0.348. The lowest BCUT2D eigenvalue weighted by atomic mass is 9.87. The van der Waals surface area contributed by atoms with E-state index >= 15 is 0 Å². The molecule has 0 saturated heterocycles. The molecule has 7 heteroatoms. The fraction of sp³-hybridized carbons (Fsp3) is 0.258. The minimum Gasteiger partial charge on any atom is -0.486 e. The van der Waals surface area contributed by atoms with Crippen LogP contribution in [-0.4, -0.2) is 28.2 Å². The maximum absolute atomic E-state index is 13.1. The summed E-state index contributed by atoms with van der Waals surface area (Å²) in [6.45, 7) is 5.11. The molecule has 1 unspecified atom stereocenters. The molecule has 0 saturated carbocycles. The lowest BCUT2D eigenvalue weighted by Crippen LogP contribution is -2.42. The zero-order valence-electron chi connectivity index (χ0n) is 21.6. The molecule has 2 amide bonds. The van der Waals surface area contributed by atoms with Crippen LogP contribution in [0.5, 0.6) is 5.75 Å². The molecule has 5 rings (SSSR count). The van der Waals surface area contributed by atoms with Gasteiger partial charge in [-0.05, 0) is 59.0 Å². The Balaban J connectivity index is 1.29. The molecular weight excluding hydrogens is 478 g/mol. The maximum atomic E-state index is 13.1. The molecule has 2 aromatic heterocycles. The molecule has 4 aromatic rings. The number of hydrogen-bond donors (Lipinski definition) is 1. The summed E-state index contributed by atoms with van der Waals surface area (Å²) >= 11 is 0. The fourth-order valence-electron chi connectivity index (χ4n) is 4.75. The van der Waals surface area contributed by atoms with Crippen LogP contribution in [0, 0.1) is 5.92 Å². The first-order chi connectivity index (χ1) is 18.5. The van der Waals surface area contributed by atoms with Crippen molar-refractivity contribution in [3.8, 4) is 5.75 Å². The number of amides is 2. The second-order valence-corrected chi connectivity index (χ2v) is 9.71. The van der Waals surface area contributed by atoms with Gasteiger partial charge in [-0.3, -0.25) is 14.6 Å². The Hall–Kier alpha value is -4.39. The first-order valence-electron chi connectivity index (χ1n) is 12.9. The molecule has 7 nitrogen and oxygen atoms in total. The van der Waals surface area contributed by atoms with Crippen molar-refractivity contribution in [2.24, 2.45) is 5.92 Å². The number of carbonyl (C=O) groups is 2. The van der Waals surface area contributed by atoms with Crippen molar-refractivity contribution < 1.29 is 18.7 Å². The van der Waals surface area contributed by atoms with Crippen molar-refractivity contribution >= 4 is 11.8 Å². The van der Waals surface area contributed by atoms with Crippen LogP contribution in [-0.2, 0) is 24.4 Å². The molecule has 1 N–H and O–H groups in total. The van der Waals surface area contributed by atoms with Crippen molar-refractivity contribution in [1.82, 2.24) is 15.2 Å². The van der Waals surface area contributed by atoms with Gasteiger partial charge in [0.05, 0.1) is 6.04 Å². The van der Waals surface area contributed by atoms with Gasteiger partial charge in [0, 0.05) is 31.4 Å². The molecule has 2 aromatic carbocycles. The number of carbonyl (C=O) groups excluding carboxylic acids is 2. The minimum atomic E-state index is -0.297. The standard InChI is InChI=1S/C31H31N3O4/c1-21(2)31(36)34-16-14-23-10-11-25(17-27(23)29(34)24-8-4-3-5-9-24)37-20-26-12-13-28(38-26)30(35)33-19-22-7-6-15-32-18-22/h3-13,15,17-18,21,29H,14,16,19-20H2,1-2H3,(H,33,35). The molecule has 1 aliphatic rings. The molecule has 194 valence electrons. The number of fused-ring (bicyclic) bond motifs is 1. The third kappa shape index (κ3) is 5.62. The summed E-state index contributed by atoms with van der Waals surface area (Å²) in [6, 6.07) is 23.1. The van der Waals surface area contributed by atoms with Crippen LogP contribution >= 0.6 is 0 Å². The average Bonchev–Trinajstić information content (AvgIpc) is 3.44. The summed E-state index contributed by atoms with van der Waals surface area (Å²) in [5.41, 5.74) is 4.27. The predicted molar refractivity (Wildman–Crippen MR) is 143 cm³/mol. The highest BCUT2D eigenvalue weighted by Gasteiger charge is 2.33. The lowest BCUT2D eigenvalue weighted by Gasteiger charge is -2.39. The van der Waals surface area contributed by atoms with Gasteiger partial charge in [0.15, 0.2) is 5.76 Å². The Morgan fingerprint density at radius 3 is 2.68 bits per heavy atom. The van der Waals surface area contributed by atoms with E-state index in [1.165, 1.54) is 5.56 Å². The van der Waals surface area contributed by atoms with E-state index < -0.39 is 0 Å². The van der Waals surface area contributed by atoms with E-state index in [9.17, 15) is 9.59 Å². The van der Waals surface area contributed by atoms with Gasteiger partial charge in [-0.15, -0.1) is 0 Å². The second kappa shape index (κ2) is 11.3. The second-order valence-electron chi connectivity index (χ2n) is 9.71. The van der Waals surface area contributed by atoms with E-state index in [4.69, 9.17) is 9.15 Å². The highest BCUT2D eigenvalue weighted by atomic mass is 16.5. The SMILES string of the molecule is CC(C)C(=O)N1CCc2ccc(OCc3ccc(C(=O)NCc4cccnc4)o3)cc2C1c1ccccc1. The third-order valence-corrected chi connectivity index (χ3v) is 6.68. The number of ether oxygens (including phenoxy) is 1. The molecule has 0 radical (unpaired) electrons. The van der Waals surface area contributed by atoms with Crippen LogP contribution in [0.3, 0.4) is 0 Å². The maximum Gasteiger partial charge on any atom is 0.287 e. The van der Waals surface area contributed by atoms with Crippen LogP contribution in [0.25, 0.3) is 0 Å². The fourth-order valence-corrected chi connectivity index (χ4v) is 4.75. The third-order valence-electron chi connectivity index (χ3n) is 6.68. The summed E-state index contributed by atoms with van der Waals surface area (Å²) < 4.78 is 11.8. The molecule has 1 atom stereocenters. The van der Waals surface area contributed by atoms with Gasteiger partial charge in [-0.2, -0.15) is 0 Å². The molecule has 1 aliphatic heterocycles. The van der Waals surface area contributed by atoms with Gasteiger partial charge in [0.2, 0.25) is 5.91 Å². The van der Waals surface area contributed by atoms with Crippen LogP contribution in [0.2, 0.25) is 0 Å². The molecule has 0 spiro atoms. The monoisotopic (exact) mass is 509 g/mol. The Labute approximate surface area is 222 Å². The van der Waals surface area contributed by atoms with Crippen molar-refractivity contribution in [1.29, 1.82) is 0 Å².